The maximum absolute atomic E-state index is 5.91. The highest BCUT2D eigenvalue weighted by atomic mass is 15.2. The second-order valence-electron chi connectivity index (χ2n) is 9.48. The third-order valence-corrected chi connectivity index (χ3v) is 6.40. The molecule has 0 aliphatic carbocycles. The van der Waals surface area contributed by atoms with Gasteiger partial charge in [-0.3, -0.25) is 14.7 Å². The molecule has 0 saturated carbocycles. The minimum absolute atomic E-state index is 0.677. The van der Waals surface area contributed by atoms with Gasteiger partial charge in [-0.2, -0.15) is 0 Å². The SMILES string of the molecule is CCCNCCN(CCN)CCN(CCNCCN)CCN(CCNC)CCN(CCN)CCCN. The van der Waals surface area contributed by atoms with Gasteiger partial charge in [-0.1, -0.05) is 6.92 Å². The molecule has 0 rings (SSSR count). The Labute approximate surface area is 223 Å². The number of nitrogens with zero attached hydrogens (tertiary/aromatic N) is 4. The predicted molar refractivity (Wildman–Crippen MR) is 157 cm³/mol. The minimum Gasteiger partial charge on any atom is -0.330 e. The fourth-order valence-electron chi connectivity index (χ4n) is 4.14. The number of nitrogens with two attached hydrogens (primary N) is 4. The summed E-state index contributed by atoms with van der Waals surface area (Å²) in [6.07, 6.45) is 2.19. The van der Waals surface area contributed by atoms with Crippen molar-refractivity contribution in [3.63, 3.8) is 0 Å². The Balaban J connectivity index is 4.88. The van der Waals surface area contributed by atoms with Crippen LogP contribution in [0.3, 0.4) is 0 Å². The van der Waals surface area contributed by atoms with Gasteiger partial charge in [0.2, 0.25) is 0 Å². The lowest BCUT2D eigenvalue weighted by molar-refractivity contribution is 0.163. The van der Waals surface area contributed by atoms with Gasteiger partial charge in [0.25, 0.3) is 0 Å². The van der Waals surface area contributed by atoms with E-state index >= 15 is 0 Å². The first-order valence-electron chi connectivity index (χ1n) is 14.4. The average molecular weight is 518 g/mol. The molecule has 11 nitrogen and oxygen atoms in total. The van der Waals surface area contributed by atoms with Gasteiger partial charge in [0.1, 0.15) is 0 Å². The Bertz CT molecular complexity index is 431. The molecule has 0 bridgehead atoms. The zero-order valence-electron chi connectivity index (χ0n) is 23.9. The molecule has 11 heteroatoms. The largest absolute Gasteiger partial charge is 0.330 e. The molecule has 0 atom stereocenters. The number of nitrogens with one attached hydrogen (secondary N) is 3. The summed E-state index contributed by atoms with van der Waals surface area (Å²) in [6, 6.07) is 0. The molecular formula is C25H63N11. The molecule has 0 unspecified atom stereocenters. The summed E-state index contributed by atoms with van der Waals surface area (Å²) in [5, 5.41) is 10.3. The molecule has 11 N–H and O–H groups in total. The van der Waals surface area contributed by atoms with E-state index in [2.05, 4.69) is 42.5 Å². The Kier molecular flexibility index (Phi) is 27.3. The monoisotopic (exact) mass is 518 g/mol. The molecule has 0 fully saturated rings. The van der Waals surface area contributed by atoms with Crippen molar-refractivity contribution in [2.75, 3.05) is 144 Å². The van der Waals surface area contributed by atoms with Gasteiger partial charge in [-0.05, 0) is 39.5 Å². The number of hydrogen-bond acceptors (Lipinski definition) is 11. The summed E-state index contributed by atoms with van der Waals surface area (Å²) in [7, 11) is 2.02. The molecule has 36 heavy (non-hydrogen) atoms. The highest BCUT2D eigenvalue weighted by Gasteiger charge is 2.13. The van der Waals surface area contributed by atoms with E-state index in [-0.39, 0.29) is 0 Å². The van der Waals surface area contributed by atoms with Crippen LogP contribution in [0.2, 0.25) is 0 Å². The van der Waals surface area contributed by atoms with Crippen molar-refractivity contribution in [2.24, 2.45) is 22.9 Å². The van der Waals surface area contributed by atoms with Crippen molar-refractivity contribution in [3.8, 4) is 0 Å². The zero-order valence-corrected chi connectivity index (χ0v) is 23.9. The molecule has 0 aromatic carbocycles. The van der Waals surface area contributed by atoms with Crippen LogP contribution in [0.5, 0.6) is 0 Å². The first-order chi connectivity index (χ1) is 17.6. The van der Waals surface area contributed by atoms with Gasteiger partial charge in [-0.25, -0.2) is 0 Å². The zero-order chi connectivity index (χ0) is 26.7. The van der Waals surface area contributed by atoms with Gasteiger partial charge in [-0.15, -0.1) is 0 Å². The van der Waals surface area contributed by atoms with Gasteiger partial charge in [0.15, 0.2) is 0 Å². The molecule has 0 saturated heterocycles. The van der Waals surface area contributed by atoms with Crippen LogP contribution in [-0.4, -0.2) is 164 Å². The highest BCUT2D eigenvalue weighted by Crippen LogP contribution is 1.98. The average Bonchev–Trinajstić information content (AvgIpc) is 2.89. The summed E-state index contributed by atoms with van der Waals surface area (Å²) >= 11 is 0. The number of rotatable bonds is 29. The highest BCUT2D eigenvalue weighted by molar-refractivity contribution is 4.71. The van der Waals surface area contributed by atoms with Crippen LogP contribution in [0.4, 0.5) is 0 Å². The lowest BCUT2D eigenvalue weighted by atomic mass is 10.3. The van der Waals surface area contributed by atoms with Crippen molar-refractivity contribution in [1.82, 2.24) is 35.6 Å². The normalized spacial score (nSPS) is 12.2. The maximum Gasteiger partial charge on any atom is 0.0110 e. The van der Waals surface area contributed by atoms with E-state index in [0.717, 1.165) is 124 Å². The van der Waals surface area contributed by atoms with E-state index in [1.165, 1.54) is 6.42 Å². The van der Waals surface area contributed by atoms with E-state index in [0.29, 0.717) is 19.6 Å². The molecule has 218 valence electrons. The van der Waals surface area contributed by atoms with Gasteiger partial charge >= 0.3 is 0 Å². The molecule has 0 radical (unpaired) electrons. The van der Waals surface area contributed by atoms with Gasteiger partial charge in [0.05, 0.1) is 0 Å². The Hall–Kier alpha value is -0.440. The first kappa shape index (κ1) is 35.6. The molecule has 0 aliphatic heterocycles. The molecule has 0 spiro atoms. The Morgan fingerprint density at radius 1 is 0.444 bits per heavy atom. The Morgan fingerprint density at radius 2 is 0.889 bits per heavy atom. The van der Waals surface area contributed by atoms with Crippen molar-refractivity contribution < 1.29 is 0 Å². The molecule has 0 heterocycles. The van der Waals surface area contributed by atoms with Gasteiger partial charge in [0, 0.05) is 118 Å². The number of hydrogen-bond donors (Lipinski definition) is 7. The van der Waals surface area contributed by atoms with Crippen LogP contribution < -0.4 is 38.9 Å². The van der Waals surface area contributed by atoms with Crippen molar-refractivity contribution in [3.05, 3.63) is 0 Å². The van der Waals surface area contributed by atoms with E-state index in [9.17, 15) is 0 Å². The van der Waals surface area contributed by atoms with Crippen LogP contribution in [0, 0.1) is 0 Å². The smallest absolute Gasteiger partial charge is 0.0110 e. The third-order valence-electron chi connectivity index (χ3n) is 6.40. The van der Waals surface area contributed by atoms with E-state index in [1.54, 1.807) is 0 Å². The number of likely N-dealkylation sites (N-methyl/N-ethyl adjacent to an activating group) is 1. The van der Waals surface area contributed by atoms with Gasteiger partial charge < -0.3 is 43.8 Å². The van der Waals surface area contributed by atoms with Crippen LogP contribution in [0.15, 0.2) is 0 Å². The molecular weight excluding hydrogens is 454 g/mol. The fourth-order valence-corrected chi connectivity index (χ4v) is 4.14. The summed E-state index contributed by atoms with van der Waals surface area (Å²) < 4.78 is 0. The van der Waals surface area contributed by atoms with Crippen molar-refractivity contribution in [1.29, 1.82) is 0 Å². The topological polar surface area (TPSA) is 153 Å². The third kappa shape index (κ3) is 21.6. The maximum atomic E-state index is 5.91. The van der Waals surface area contributed by atoms with E-state index in [1.807, 2.05) is 7.05 Å². The van der Waals surface area contributed by atoms with Crippen LogP contribution in [0.25, 0.3) is 0 Å². The molecule has 0 amide bonds. The van der Waals surface area contributed by atoms with E-state index in [4.69, 9.17) is 22.9 Å². The lowest BCUT2D eigenvalue weighted by Gasteiger charge is -2.31. The summed E-state index contributed by atoms with van der Waals surface area (Å²) in [5.41, 5.74) is 23.2. The van der Waals surface area contributed by atoms with Crippen molar-refractivity contribution >= 4 is 0 Å². The summed E-state index contributed by atoms with van der Waals surface area (Å²) in [6.45, 7) is 22.2. The van der Waals surface area contributed by atoms with Crippen LogP contribution >= 0.6 is 0 Å². The molecule has 0 aromatic heterocycles. The van der Waals surface area contributed by atoms with E-state index < -0.39 is 0 Å². The first-order valence-corrected chi connectivity index (χ1v) is 14.4. The Morgan fingerprint density at radius 3 is 1.31 bits per heavy atom. The van der Waals surface area contributed by atoms with Crippen LogP contribution in [0.1, 0.15) is 19.8 Å². The van der Waals surface area contributed by atoms with Crippen LogP contribution in [-0.2, 0) is 0 Å². The predicted octanol–water partition coefficient (Wildman–Crippen LogP) is -2.77. The minimum atomic E-state index is 0.677. The second-order valence-corrected chi connectivity index (χ2v) is 9.48. The fraction of sp³-hybridized carbons (Fsp3) is 1.00. The quantitative estimate of drug-likeness (QED) is 0.0516. The molecule has 0 aliphatic rings. The molecule has 0 aromatic rings. The second kappa shape index (κ2) is 27.6. The summed E-state index contributed by atoms with van der Waals surface area (Å²) in [4.78, 5) is 10.1. The lowest BCUT2D eigenvalue weighted by Crippen LogP contribution is -2.46. The summed E-state index contributed by atoms with van der Waals surface area (Å²) in [5.74, 6) is 0. The standard InChI is InChI=1S/C25H63N11/c1-3-9-31-12-18-34(16-8-29)21-23-36(19-13-32-10-6-27)25-24-35(17-11-30-2)22-20-33(15-7-28)14-4-5-26/h30-32H,3-29H2,1-2H3. The van der Waals surface area contributed by atoms with Crippen molar-refractivity contribution in [2.45, 2.75) is 19.8 Å².